The molecule has 0 spiro atoms. The maximum absolute atomic E-state index is 12.8. The molecule has 1 amide bonds. The van der Waals surface area contributed by atoms with Crippen LogP contribution in [0.2, 0.25) is 0 Å². The summed E-state index contributed by atoms with van der Waals surface area (Å²) in [5.74, 6) is -0.294. The van der Waals surface area contributed by atoms with E-state index in [1.807, 2.05) is 67.6 Å². The Hall–Kier alpha value is -2.94. The molecular weight excluding hydrogens is 436 g/mol. The summed E-state index contributed by atoms with van der Waals surface area (Å²) in [5, 5.41) is 16.5. The van der Waals surface area contributed by atoms with Crippen molar-refractivity contribution < 1.29 is 24.1 Å². The molecule has 3 rings (SSSR count). The van der Waals surface area contributed by atoms with Gasteiger partial charge in [-0.2, -0.15) is 0 Å². The first kappa shape index (κ1) is 25.7. The third-order valence-electron chi connectivity index (χ3n) is 5.68. The number of hydrogen-bond donors (Lipinski definition) is 2. The normalized spacial score (nSPS) is 21.5. The summed E-state index contributed by atoms with van der Waals surface area (Å²) in [6.45, 7) is 3.52. The number of aliphatic hydroxyl groups is 1. The fourth-order valence-electron chi connectivity index (χ4n) is 3.96. The van der Waals surface area contributed by atoms with Gasteiger partial charge in [-0.05, 0) is 37.8 Å². The first-order valence-corrected chi connectivity index (χ1v) is 11.5. The maximum Gasteiger partial charge on any atom is 0.249 e. The summed E-state index contributed by atoms with van der Waals surface area (Å²) in [6.07, 6.45) is -1.70. The molecule has 1 saturated heterocycles. The second kappa shape index (κ2) is 13.1. The fraction of sp³-hybridized carbons (Fsp3) is 0.480. The second-order valence-corrected chi connectivity index (χ2v) is 8.37. The molecule has 9 nitrogen and oxygen atoms in total. The highest BCUT2D eigenvalue weighted by Crippen LogP contribution is 2.30. The van der Waals surface area contributed by atoms with Gasteiger partial charge in [0.25, 0.3) is 0 Å². The highest BCUT2D eigenvalue weighted by atomic mass is 16.7. The van der Waals surface area contributed by atoms with Gasteiger partial charge >= 0.3 is 0 Å². The minimum absolute atomic E-state index is 0.105. The minimum atomic E-state index is -0.915. The van der Waals surface area contributed by atoms with Crippen molar-refractivity contribution >= 4 is 5.91 Å². The molecule has 182 valence electrons. The first-order valence-electron chi connectivity index (χ1n) is 11.5. The number of nitrogens with one attached hydrogen (secondary N) is 1. The Morgan fingerprint density at radius 1 is 1.21 bits per heavy atom. The Kier molecular flexibility index (Phi) is 9.88. The van der Waals surface area contributed by atoms with Crippen LogP contribution in [0.15, 0.2) is 65.8 Å². The monoisotopic (exact) mass is 468 g/mol. The predicted molar refractivity (Wildman–Crippen MR) is 127 cm³/mol. The maximum atomic E-state index is 12.8. The highest BCUT2D eigenvalue weighted by molar-refractivity contribution is 5.80. The molecule has 0 aliphatic carbocycles. The molecule has 6 atom stereocenters. The van der Waals surface area contributed by atoms with Gasteiger partial charge in [0.05, 0.1) is 31.5 Å². The summed E-state index contributed by atoms with van der Waals surface area (Å²) >= 11 is 0. The SMILES string of the molecule is C[C@@H](Cc1ccccc1)NC(=O)[C@@H](C)OC([C@H](CO)N=[N+]=[N-])[C@H]1CCOC(c2ccccc2)O1. The van der Waals surface area contributed by atoms with Crippen molar-refractivity contribution in [2.24, 2.45) is 5.11 Å². The predicted octanol–water partition coefficient (Wildman–Crippen LogP) is 3.68. The zero-order valence-corrected chi connectivity index (χ0v) is 19.5. The smallest absolute Gasteiger partial charge is 0.249 e. The lowest BCUT2D eigenvalue weighted by atomic mass is 10.0. The summed E-state index contributed by atoms with van der Waals surface area (Å²) in [6, 6.07) is 18.3. The molecule has 1 aliphatic heterocycles. The van der Waals surface area contributed by atoms with Crippen molar-refractivity contribution in [3.8, 4) is 0 Å². The topological polar surface area (TPSA) is 126 Å². The van der Waals surface area contributed by atoms with E-state index in [0.717, 1.165) is 11.1 Å². The number of rotatable bonds is 11. The molecule has 2 aromatic carbocycles. The number of carbonyl (C=O) groups excluding carboxylic acids is 1. The van der Waals surface area contributed by atoms with Gasteiger partial charge in [0.2, 0.25) is 5.91 Å². The summed E-state index contributed by atoms with van der Waals surface area (Å²) in [7, 11) is 0. The van der Waals surface area contributed by atoms with Gasteiger partial charge in [0, 0.05) is 16.5 Å². The molecule has 2 unspecified atom stereocenters. The molecule has 2 aromatic rings. The molecule has 2 N–H and O–H groups in total. The number of hydrogen-bond acceptors (Lipinski definition) is 6. The third kappa shape index (κ3) is 7.28. The van der Waals surface area contributed by atoms with Gasteiger partial charge in [-0.3, -0.25) is 4.79 Å². The van der Waals surface area contributed by atoms with Crippen molar-refractivity contribution in [1.29, 1.82) is 0 Å². The average Bonchev–Trinajstić information content (AvgIpc) is 2.87. The molecule has 9 heteroatoms. The molecule has 0 radical (unpaired) electrons. The molecule has 0 saturated carbocycles. The molecule has 1 aliphatic rings. The van der Waals surface area contributed by atoms with E-state index in [0.29, 0.717) is 19.4 Å². The second-order valence-electron chi connectivity index (χ2n) is 8.37. The number of azide groups is 1. The third-order valence-corrected chi connectivity index (χ3v) is 5.68. The van der Waals surface area contributed by atoms with Gasteiger partial charge in [0.15, 0.2) is 6.29 Å². The molecule has 0 bridgehead atoms. The van der Waals surface area contributed by atoms with Gasteiger partial charge in [-0.1, -0.05) is 65.8 Å². The standard InChI is InChI=1S/C25H32N4O5/c1-17(15-19-9-5-3-6-10-19)27-24(31)18(2)33-23(21(16-30)28-29-26)22-13-14-32-25(34-22)20-11-7-4-8-12-20/h3-12,17-18,21-23,25,30H,13-16H2,1-2H3,(H,27,31)/t17-,18+,21-,22+,23?,25?/m0/s1. The number of amides is 1. The Morgan fingerprint density at radius 3 is 2.53 bits per heavy atom. The molecular formula is C25H32N4O5. The lowest BCUT2D eigenvalue weighted by molar-refractivity contribution is -0.249. The van der Waals surface area contributed by atoms with Crippen LogP contribution in [0, 0.1) is 0 Å². The Labute approximate surface area is 199 Å². The molecule has 1 fully saturated rings. The van der Waals surface area contributed by atoms with Crippen molar-refractivity contribution in [3.05, 3.63) is 82.2 Å². The Morgan fingerprint density at radius 2 is 1.88 bits per heavy atom. The number of benzene rings is 2. The quantitative estimate of drug-likeness (QED) is 0.296. The Balaban J connectivity index is 1.67. The summed E-state index contributed by atoms with van der Waals surface area (Å²) in [5.41, 5.74) is 11.0. The lowest BCUT2D eigenvalue weighted by Crippen LogP contribution is -2.50. The van der Waals surface area contributed by atoms with Crippen LogP contribution in [0.25, 0.3) is 10.4 Å². The summed E-state index contributed by atoms with van der Waals surface area (Å²) < 4.78 is 18.0. The number of nitrogens with zero attached hydrogens (tertiary/aromatic N) is 3. The van der Waals surface area contributed by atoms with Gasteiger partial charge < -0.3 is 24.6 Å². The van der Waals surface area contributed by atoms with Crippen molar-refractivity contribution in [2.75, 3.05) is 13.2 Å². The van der Waals surface area contributed by atoms with E-state index in [1.165, 1.54) is 0 Å². The zero-order chi connectivity index (χ0) is 24.3. The van der Waals surface area contributed by atoms with Crippen LogP contribution in [-0.2, 0) is 25.4 Å². The van der Waals surface area contributed by atoms with Crippen LogP contribution >= 0.6 is 0 Å². The first-order chi connectivity index (χ1) is 16.5. The van der Waals surface area contributed by atoms with E-state index in [1.54, 1.807) is 6.92 Å². The molecule has 34 heavy (non-hydrogen) atoms. The van der Waals surface area contributed by atoms with E-state index >= 15 is 0 Å². The van der Waals surface area contributed by atoms with Crippen molar-refractivity contribution in [3.63, 3.8) is 0 Å². The largest absolute Gasteiger partial charge is 0.396 e. The Bertz CT molecular complexity index is 939. The van der Waals surface area contributed by atoms with Gasteiger partial charge in [-0.25, -0.2) is 0 Å². The van der Waals surface area contributed by atoms with E-state index in [4.69, 9.17) is 19.7 Å². The fourth-order valence-corrected chi connectivity index (χ4v) is 3.96. The van der Waals surface area contributed by atoms with Crippen LogP contribution in [-0.4, -0.2) is 54.6 Å². The van der Waals surface area contributed by atoms with Crippen LogP contribution in [0.4, 0.5) is 0 Å². The van der Waals surface area contributed by atoms with Crippen LogP contribution in [0.3, 0.4) is 0 Å². The minimum Gasteiger partial charge on any atom is -0.396 e. The lowest BCUT2D eigenvalue weighted by Gasteiger charge is -2.38. The van der Waals surface area contributed by atoms with E-state index < -0.39 is 37.3 Å². The van der Waals surface area contributed by atoms with Gasteiger partial charge in [0.1, 0.15) is 6.10 Å². The van der Waals surface area contributed by atoms with E-state index in [9.17, 15) is 9.90 Å². The van der Waals surface area contributed by atoms with Crippen LogP contribution in [0.5, 0.6) is 0 Å². The highest BCUT2D eigenvalue weighted by Gasteiger charge is 2.37. The van der Waals surface area contributed by atoms with E-state index in [-0.39, 0.29) is 11.9 Å². The van der Waals surface area contributed by atoms with Crippen molar-refractivity contribution in [2.45, 2.75) is 63.4 Å². The van der Waals surface area contributed by atoms with Gasteiger partial charge in [-0.15, -0.1) is 0 Å². The summed E-state index contributed by atoms with van der Waals surface area (Å²) in [4.78, 5) is 15.7. The number of carbonyl (C=O) groups is 1. The molecule has 0 aromatic heterocycles. The molecule has 1 heterocycles. The van der Waals surface area contributed by atoms with Crippen LogP contribution < -0.4 is 5.32 Å². The number of aliphatic hydroxyl groups excluding tert-OH is 1. The average molecular weight is 469 g/mol. The van der Waals surface area contributed by atoms with E-state index in [2.05, 4.69) is 15.3 Å². The van der Waals surface area contributed by atoms with Crippen molar-refractivity contribution in [1.82, 2.24) is 5.32 Å². The number of ether oxygens (including phenoxy) is 3. The zero-order valence-electron chi connectivity index (χ0n) is 19.5. The van der Waals surface area contributed by atoms with Crippen LogP contribution in [0.1, 0.15) is 37.7 Å².